The topological polar surface area (TPSA) is 75.6 Å². The smallest absolute Gasteiger partial charge is 0.307 e. The van der Waals surface area contributed by atoms with Crippen LogP contribution in [0.25, 0.3) is 0 Å². The number of hydrogen-bond acceptors (Lipinski definition) is 4. The fourth-order valence-corrected chi connectivity index (χ4v) is 2.21. The molecule has 1 aliphatic rings. The third kappa shape index (κ3) is 5.17. The van der Waals surface area contributed by atoms with Gasteiger partial charge in [-0.3, -0.25) is 9.59 Å². The summed E-state index contributed by atoms with van der Waals surface area (Å²) in [5, 5.41) is 12.2. The third-order valence-corrected chi connectivity index (χ3v) is 3.09. The molecule has 0 aliphatic heterocycles. The Kier molecular flexibility index (Phi) is 5.97. The quantitative estimate of drug-likeness (QED) is 0.685. The molecule has 5 heteroatoms. The van der Waals surface area contributed by atoms with Crippen molar-refractivity contribution in [2.45, 2.75) is 45.1 Å². The molecule has 98 valence electrons. The van der Waals surface area contributed by atoms with Crippen LogP contribution >= 0.6 is 0 Å². The minimum atomic E-state index is -0.707. The van der Waals surface area contributed by atoms with Crippen molar-refractivity contribution < 1.29 is 19.4 Å². The molecule has 0 aromatic heterocycles. The highest BCUT2D eigenvalue weighted by Gasteiger charge is 2.26. The number of carbonyl (C=O) groups is 2. The van der Waals surface area contributed by atoms with Gasteiger partial charge in [-0.2, -0.15) is 0 Å². The molecule has 0 heterocycles. The van der Waals surface area contributed by atoms with Gasteiger partial charge in [-0.05, 0) is 26.2 Å². The Balaban J connectivity index is 2.18. The van der Waals surface area contributed by atoms with Crippen LogP contribution in [0.5, 0.6) is 0 Å². The molecular weight excluding hydrogens is 222 g/mol. The summed E-state index contributed by atoms with van der Waals surface area (Å²) in [6.07, 6.45) is 3.71. The molecule has 1 aliphatic carbocycles. The van der Waals surface area contributed by atoms with Crippen LogP contribution in [-0.4, -0.2) is 36.2 Å². The van der Waals surface area contributed by atoms with Gasteiger partial charge in [0.25, 0.3) is 0 Å². The van der Waals surface area contributed by atoms with Crippen molar-refractivity contribution in [1.29, 1.82) is 0 Å². The minimum absolute atomic E-state index is 0.203. The van der Waals surface area contributed by atoms with Crippen molar-refractivity contribution in [2.24, 2.45) is 5.92 Å². The van der Waals surface area contributed by atoms with Crippen LogP contribution in [0, 0.1) is 5.92 Å². The molecule has 0 aromatic carbocycles. The molecule has 17 heavy (non-hydrogen) atoms. The minimum Gasteiger partial charge on any atom is -0.481 e. The van der Waals surface area contributed by atoms with Crippen LogP contribution in [-0.2, 0) is 14.3 Å². The summed E-state index contributed by atoms with van der Waals surface area (Å²) in [5.74, 6) is -1.14. The largest absolute Gasteiger partial charge is 0.481 e. The fourth-order valence-electron chi connectivity index (χ4n) is 2.21. The highest BCUT2D eigenvalue weighted by Crippen LogP contribution is 2.24. The molecule has 0 spiro atoms. The predicted octanol–water partition coefficient (Wildman–Crippen LogP) is 1.17. The standard InChI is InChI=1S/C12H21NO4/c1-2-17-11(14)6-7-13-10-5-3-4-9(8-10)12(15)16/h9-10,13H,2-8H2,1H3,(H,15,16). The van der Waals surface area contributed by atoms with Gasteiger partial charge >= 0.3 is 11.9 Å². The SMILES string of the molecule is CCOC(=O)CCNC1CCCC(C(=O)O)C1. The molecule has 2 unspecified atom stereocenters. The summed E-state index contributed by atoms with van der Waals surface area (Å²) >= 11 is 0. The molecule has 0 radical (unpaired) electrons. The van der Waals surface area contributed by atoms with Crippen LogP contribution in [0.3, 0.4) is 0 Å². The van der Waals surface area contributed by atoms with Gasteiger partial charge in [0.1, 0.15) is 0 Å². The molecule has 0 amide bonds. The zero-order chi connectivity index (χ0) is 12.7. The number of esters is 1. The van der Waals surface area contributed by atoms with Crippen LogP contribution in [0.1, 0.15) is 39.0 Å². The lowest BCUT2D eigenvalue weighted by atomic mass is 9.86. The normalized spacial score (nSPS) is 24.3. The number of carboxylic acids is 1. The zero-order valence-electron chi connectivity index (χ0n) is 10.3. The number of hydrogen-bond donors (Lipinski definition) is 2. The maximum absolute atomic E-state index is 11.1. The van der Waals surface area contributed by atoms with Gasteiger partial charge in [0.2, 0.25) is 0 Å². The maximum Gasteiger partial charge on any atom is 0.307 e. The molecule has 0 bridgehead atoms. The molecule has 0 saturated heterocycles. The first-order chi connectivity index (χ1) is 8.13. The number of ether oxygens (including phenoxy) is 1. The molecule has 1 fully saturated rings. The lowest BCUT2D eigenvalue weighted by Gasteiger charge is -2.27. The van der Waals surface area contributed by atoms with Crippen molar-refractivity contribution in [3.8, 4) is 0 Å². The Morgan fingerprint density at radius 1 is 1.41 bits per heavy atom. The van der Waals surface area contributed by atoms with E-state index in [1.54, 1.807) is 6.92 Å². The number of aliphatic carboxylic acids is 1. The van der Waals surface area contributed by atoms with Crippen molar-refractivity contribution >= 4 is 11.9 Å². The molecule has 2 atom stereocenters. The second kappa shape index (κ2) is 7.27. The summed E-state index contributed by atoms with van der Waals surface area (Å²) in [7, 11) is 0. The van der Waals surface area contributed by atoms with Gasteiger partial charge in [-0.15, -0.1) is 0 Å². The Morgan fingerprint density at radius 2 is 2.18 bits per heavy atom. The first-order valence-electron chi connectivity index (χ1n) is 6.25. The van der Waals surface area contributed by atoms with Gasteiger partial charge in [0.15, 0.2) is 0 Å². The van der Waals surface area contributed by atoms with E-state index < -0.39 is 5.97 Å². The van der Waals surface area contributed by atoms with Gasteiger partial charge in [0, 0.05) is 12.6 Å². The number of carboxylic acid groups (broad SMARTS) is 1. The highest BCUT2D eigenvalue weighted by atomic mass is 16.5. The van der Waals surface area contributed by atoms with Crippen molar-refractivity contribution in [3.63, 3.8) is 0 Å². The van der Waals surface area contributed by atoms with Crippen LogP contribution in [0.15, 0.2) is 0 Å². The van der Waals surface area contributed by atoms with Crippen molar-refractivity contribution in [1.82, 2.24) is 5.32 Å². The van der Waals surface area contributed by atoms with Gasteiger partial charge in [-0.1, -0.05) is 6.42 Å². The number of nitrogens with one attached hydrogen (secondary N) is 1. The van der Waals surface area contributed by atoms with E-state index in [2.05, 4.69) is 5.32 Å². The number of rotatable bonds is 6. The molecular formula is C12H21NO4. The molecule has 0 aromatic rings. The predicted molar refractivity (Wildman–Crippen MR) is 62.6 cm³/mol. The van der Waals surface area contributed by atoms with Crippen molar-refractivity contribution in [2.75, 3.05) is 13.2 Å². The molecule has 5 nitrogen and oxygen atoms in total. The van der Waals surface area contributed by atoms with Gasteiger partial charge in [0.05, 0.1) is 18.9 Å². The van der Waals surface area contributed by atoms with Gasteiger partial charge in [-0.25, -0.2) is 0 Å². The Labute approximate surface area is 102 Å². The summed E-state index contributed by atoms with van der Waals surface area (Å²) in [5.41, 5.74) is 0. The Bertz CT molecular complexity index is 267. The lowest BCUT2D eigenvalue weighted by Crippen LogP contribution is -2.37. The Hall–Kier alpha value is -1.10. The van der Waals surface area contributed by atoms with E-state index in [0.717, 1.165) is 19.3 Å². The average Bonchev–Trinajstić information content (AvgIpc) is 2.30. The van der Waals surface area contributed by atoms with Crippen LogP contribution < -0.4 is 5.32 Å². The summed E-state index contributed by atoms with van der Waals surface area (Å²) in [6, 6.07) is 0.222. The van der Waals surface area contributed by atoms with Crippen LogP contribution in [0.2, 0.25) is 0 Å². The highest BCUT2D eigenvalue weighted by molar-refractivity contribution is 5.70. The lowest BCUT2D eigenvalue weighted by molar-refractivity contribution is -0.144. The zero-order valence-corrected chi connectivity index (χ0v) is 10.3. The summed E-state index contributed by atoms with van der Waals surface area (Å²) in [6.45, 7) is 2.75. The van der Waals surface area contributed by atoms with E-state index in [1.165, 1.54) is 0 Å². The second-order valence-corrected chi connectivity index (χ2v) is 4.41. The third-order valence-electron chi connectivity index (χ3n) is 3.09. The molecule has 2 N–H and O–H groups in total. The van der Waals surface area contributed by atoms with E-state index in [0.29, 0.717) is 26.0 Å². The first-order valence-corrected chi connectivity index (χ1v) is 6.25. The van der Waals surface area contributed by atoms with Gasteiger partial charge < -0.3 is 15.2 Å². The van der Waals surface area contributed by atoms with Crippen molar-refractivity contribution in [3.05, 3.63) is 0 Å². The molecule has 1 rings (SSSR count). The monoisotopic (exact) mass is 243 g/mol. The van der Waals surface area contributed by atoms with E-state index in [4.69, 9.17) is 9.84 Å². The number of carbonyl (C=O) groups excluding carboxylic acids is 1. The van der Waals surface area contributed by atoms with E-state index in [1.807, 2.05) is 0 Å². The maximum atomic E-state index is 11.1. The average molecular weight is 243 g/mol. The van der Waals surface area contributed by atoms with E-state index in [9.17, 15) is 9.59 Å². The first kappa shape index (κ1) is 14.0. The second-order valence-electron chi connectivity index (χ2n) is 4.41. The fraction of sp³-hybridized carbons (Fsp3) is 0.833. The molecule has 1 saturated carbocycles. The van der Waals surface area contributed by atoms with E-state index >= 15 is 0 Å². The summed E-state index contributed by atoms with van der Waals surface area (Å²) in [4.78, 5) is 22.0. The Morgan fingerprint density at radius 3 is 2.82 bits per heavy atom. The van der Waals surface area contributed by atoms with E-state index in [-0.39, 0.29) is 17.9 Å². The summed E-state index contributed by atoms with van der Waals surface area (Å²) < 4.78 is 4.82. The van der Waals surface area contributed by atoms with Crippen LogP contribution in [0.4, 0.5) is 0 Å².